The molecule has 0 spiro atoms. The van der Waals surface area contributed by atoms with Crippen LogP contribution in [0.2, 0.25) is 0 Å². The van der Waals surface area contributed by atoms with Crippen LogP contribution in [0.15, 0.2) is 67.8 Å². The second-order valence-electron chi connectivity index (χ2n) is 22.7. The van der Waals surface area contributed by atoms with Gasteiger partial charge >= 0.3 is 12.1 Å². The van der Waals surface area contributed by atoms with Gasteiger partial charge in [-0.25, -0.2) is 29.5 Å². The van der Waals surface area contributed by atoms with Crippen molar-refractivity contribution < 1.29 is 62.2 Å². The highest BCUT2D eigenvalue weighted by atomic mass is 16.6. The van der Waals surface area contributed by atoms with Crippen molar-refractivity contribution in [3.63, 3.8) is 0 Å². The number of likely N-dealkylation sites (tertiary alicyclic amines) is 1. The van der Waals surface area contributed by atoms with Gasteiger partial charge in [0.1, 0.15) is 22.7 Å². The molecule has 10 amide bonds. The molecular weight excluding hydrogens is 1190 g/mol. The molecule has 7 aromatic rings. The van der Waals surface area contributed by atoms with E-state index in [-0.39, 0.29) is 122 Å². The Balaban J connectivity index is 0.798. The number of hydrogen-bond acceptors (Lipinski definition) is 17. The van der Waals surface area contributed by atoms with E-state index in [1.54, 1.807) is 86.9 Å². The highest BCUT2D eigenvalue weighted by Crippen LogP contribution is 2.35. The van der Waals surface area contributed by atoms with E-state index < -0.39 is 76.2 Å². The fraction of sp³-hybridized carbons (Fsp3) is 0.386. The minimum atomic E-state index is -0.993. The van der Waals surface area contributed by atoms with Crippen LogP contribution in [0.4, 0.5) is 39.3 Å². The van der Waals surface area contributed by atoms with Crippen molar-refractivity contribution in [3.05, 3.63) is 108 Å². The standard InChI is InChI=1S/C57H71N21O13/c1-12-90-54(88)47-69-40(28-77(47)11)70-50(84)37-19-32(23-74(37)8)62-41(79)13-16-60-51(85)45-67-39(27-75(45)9)66-43(81)22-57(30-78(31-57)55(89)91-56(2,3)4)29-61-49(83)36-21-34(25-73(36)7)64-53(87)46-68-38(26-76(46)10)65-42(80)14-15-59-48(82)35-20-33(24-72(35)6)63-52(86)44-58-17-18-71(44)5/h17-21,23-28H,12-16,22,29-31H2,1-11H3,(H,59,82)(H,60,85)(H,61,83)(H,62,79)(H,63,86)(H,64,87)(H,65,80)(H,66,81)(H,70,84). The topological polar surface area (TPSA) is 404 Å². The van der Waals surface area contributed by atoms with E-state index in [1.165, 1.54) is 94.7 Å². The van der Waals surface area contributed by atoms with E-state index in [9.17, 15) is 52.7 Å². The zero-order valence-corrected chi connectivity index (χ0v) is 51.9. The fourth-order valence-corrected chi connectivity index (χ4v) is 9.67. The maximum Gasteiger partial charge on any atom is 0.410 e. The lowest BCUT2D eigenvalue weighted by Gasteiger charge is -2.49. The van der Waals surface area contributed by atoms with Gasteiger partial charge in [0.05, 0.1) is 23.7 Å². The average Bonchev–Trinajstić information content (AvgIpc) is 1.78. The lowest BCUT2D eigenvalue weighted by atomic mass is 9.76. The van der Waals surface area contributed by atoms with Crippen molar-refractivity contribution in [1.82, 2.24) is 72.8 Å². The Morgan fingerprint density at radius 2 is 0.945 bits per heavy atom. The zero-order chi connectivity index (χ0) is 66.2. The van der Waals surface area contributed by atoms with Crippen LogP contribution in [0.1, 0.15) is 121 Å². The molecule has 0 aliphatic carbocycles. The van der Waals surface area contributed by atoms with Crippen LogP contribution in [0, 0.1) is 5.41 Å². The minimum absolute atomic E-state index is 0.00112. The first kappa shape index (κ1) is 65.6. The van der Waals surface area contributed by atoms with Gasteiger partial charge in [-0.05, 0) is 45.9 Å². The van der Waals surface area contributed by atoms with E-state index in [0.717, 1.165) is 0 Å². The summed E-state index contributed by atoms with van der Waals surface area (Å²) in [5.74, 6) is -5.35. The highest BCUT2D eigenvalue weighted by molar-refractivity contribution is 6.06. The van der Waals surface area contributed by atoms with Crippen molar-refractivity contribution in [2.45, 2.75) is 52.6 Å². The molecule has 8 rings (SSSR count). The molecule has 0 aromatic carbocycles. The number of ether oxygens (including phenoxy) is 2. The number of esters is 1. The Bertz CT molecular complexity index is 3990. The summed E-state index contributed by atoms with van der Waals surface area (Å²) in [6.07, 6.45) is 10.9. The zero-order valence-electron chi connectivity index (χ0n) is 51.9. The van der Waals surface area contributed by atoms with Crippen molar-refractivity contribution in [2.24, 2.45) is 54.7 Å². The molecule has 1 aliphatic heterocycles. The van der Waals surface area contributed by atoms with Gasteiger partial charge in [0.25, 0.3) is 35.4 Å². The molecule has 1 aliphatic rings. The maximum absolute atomic E-state index is 13.8. The van der Waals surface area contributed by atoms with Crippen molar-refractivity contribution >= 4 is 99.7 Å². The van der Waals surface area contributed by atoms with E-state index in [2.05, 4.69) is 67.8 Å². The van der Waals surface area contributed by atoms with E-state index in [4.69, 9.17) is 9.47 Å². The molecule has 34 heteroatoms. The van der Waals surface area contributed by atoms with Crippen LogP contribution in [0.25, 0.3) is 0 Å². The third-order valence-electron chi connectivity index (χ3n) is 13.9. The monoisotopic (exact) mass is 1260 g/mol. The first-order chi connectivity index (χ1) is 43.0. The lowest BCUT2D eigenvalue weighted by molar-refractivity contribution is -0.122. The molecule has 91 heavy (non-hydrogen) atoms. The Kier molecular flexibility index (Phi) is 19.7. The first-order valence-corrected chi connectivity index (χ1v) is 28.4. The molecule has 7 aromatic heterocycles. The minimum Gasteiger partial charge on any atom is -0.460 e. The number of carbonyl (C=O) groups excluding carboxylic acids is 11. The van der Waals surface area contributed by atoms with Gasteiger partial charge in [-0.15, -0.1) is 0 Å². The largest absolute Gasteiger partial charge is 0.460 e. The number of aryl methyl sites for hydroxylation is 7. The van der Waals surface area contributed by atoms with Crippen LogP contribution in [-0.2, 0) is 73.2 Å². The van der Waals surface area contributed by atoms with Crippen LogP contribution < -0.4 is 47.9 Å². The number of aromatic nitrogens is 11. The Morgan fingerprint density at radius 1 is 0.495 bits per heavy atom. The van der Waals surface area contributed by atoms with E-state index >= 15 is 0 Å². The third-order valence-corrected chi connectivity index (χ3v) is 13.9. The average molecular weight is 1260 g/mol. The van der Waals surface area contributed by atoms with Gasteiger partial charge in [-0.3, -0.25) is 43.2 Å². The van der Waals surface area contributed by atoms with Gasteiger partial charge in [-0.1, -0.05) is 0 Å². The molecule has 0 unspecified atom stereocenters. The molecule has 482 valence electrons. The molecular formula is C57H71N21O13. The highest BCUT2D eigenvalue weighted by Gasteiger charge is 2.48. The fourth-order valence-electron chi connectivity index (χ4n) is 9.67. The molecule has 8 heterocycles. The molecule has 1 fully saturated rings. The second kappa shape index (κ2) is 27.4. The lowest BCUT2D eigenvalue weighted by Crippen LogP contribution is -2.64. The van der Waals surface area contributed by atoms with Gasteiger partial charge < -0.3 is 94.2 Å². The van der Waals surface area contributed by atoms with Crippen molar-refractivity contribution in [3.8, 4) is 0 Å². The molecule has 0 bridgehead atoms. The number of anilines is 6. The second-order valence-corrected chi connectivity index (χ2v) is 22.7. The summed E-state index contributed by atoms with van der Waals surface area (Å²) in [6, 6.07) is 4.37. The Morgan fingerprint density at radius 3 is 1.47 bits per heavy atom. The van der Waals surface area contributed by atoms with E-state index in [0.29, 0.717) is 11.4 Å². The van der Waals surface area contributed by atoms with E-state index in [1.807, 2.05) is 0 Å². The normalized spacial score (nSPS) is 12.5. The van der Waals surface area contributed by atoms with Gasteiger partial charge in [-0.2, -0.15) is 0 Å². The van der Waals surface area contributed by atoms with Gasteiger partial charge in [0.2, 0.25) is 35.2 Å². The number of rotatable bonds is 24. The SMILES string of the molecule is CCOC(=O)c1nc(NC(=O)c2cc(NC(=O)CCNC(=O)c3nc(NC(=O)CC4(CNC(=O)c5cc(NC(=O)c6nc(NC(=O)CCNC(=O)c7cc(NC(=O)c8nccn8C)cn7C)cn6C)cn5C)CN(C(=O)OC(C)(C)C)C4)cn3C)cn2C)cn1C. The summed E-state index contributed by atoms with van der Waals surface area (Å²) in [6.45, 7) is 6.76. The summed E-state index contributed by atoms with van der Waals surface area (Å²) in [7, 11) is 11.2. The molecule has 1 saturated heterocycles. The predicted octanol–water partition coefficient (Wildman–Crippen LogP) is 2.08. The van der Waals surface area contributed by atoms with Gasteiger partial charge in [0, 0.05) is 156 Å². The molecule has 34 nitrogen and oxygen atoms in total. The Labute approximate surface area is 519 Å². The molecule has 0 saturated carbocycles. The first-order valence-electron chi connectivity index (χ1n) is 28.4. The Hall–Kier alpha value is -11.4. The van der Waals surface area contributed by atoms with Crippen molar-refractivity contribution in [2.75, 3.05) is 71.2 Å². The number of nitrogens with zero attached hydrogens (tertiary/aromatic N) is 12. The quantitative estimate of drug-likeness (QED) is 0.0391. The smallest absolute Gasteiger partial charge is 0.410 e. The number of carbonyl (C=O) groups is 11. The molecule has 9 N–H and O–H groups in total. The van der Waals surface area contributed by atoms with Crippen LogP contribution in [0.3, 0.4) is 0 Å². The van der Waals surface area contributed by atoms with Gasteiger partial charge in [0.15, 0.2) is 23.3 Å². The summed E-state index contributed by atoms with van der Waals surface area (Å²) >= 11 is 0. The molecule has 0 atom stereocenters. The summed E-state index contributed by atoms with van der Waals surface area (Å²) in [5, 5.41) is 24.2. The van der Waals surface area contributed by atoms with Crippen LogP contribution >= 0.6 is 0 Å². The van der Waals surface area contributed by atoms with Crippen LogP contribution in [-0.4, -0.2) is 167 Å². The maximum atomic E-state index is 13.8. The van der Waals surface area contributed by atoms with Crippen molar-refractivity contribution in [1.29, 1.82) is 0 Å². The number of nitrogens with one attached hydrogen (secondary N) is 9. The summed E-state index contributed by atoms with van der Waals surface area (Å²) in [4.78, 5) is 162. The summed E-state index contributed by atoms with van der Waals surface area (Å²) in [5.41, 5.74) is -0.377. The molecule has 0 radical (unpaired) electrons. The number of imidazole rings is 4. The number of hydrogen-bond donors (Lipinski definition) is 9. The number of amides is 10. The van der Waals surface area contributed by atoms with Crippen LogP contribution in [0.5, 0.6) is 0 Å². The summed E-state index contributed by atoms with van der Waals surface area (Å²) < 4.78 is 20.8. The third kappa shape index (κ3) is 16.4. The predicted molar refractivity (Wildman–Crippen MR) is 326 cm³/mol.